The monoisotopic (exact) mass is 210 g/mol. The number of aliphatic hydroxyl groups is 1. The van der Waals surface area contributed by atoms with Crippen LogP contribution in [0.4, 0.5) is 0 Å². The maximum absolute atomic E-state index is 9.94. The Bertz CT molecular complexity index is 326. The van der Waals surface area contributed by atoms with Gasteiger partial charge in [-0.3, -0.25) is 0 Å². The fraction of sp³-hybridized carbons (Fsp3) is 0.500. The number of hydrogen-bond acceptors (Lipinski definition) is 3. The van der Waals surface area contributed by atoms with Gasteiger partial charge in [0.2, 0.25) is 0 Å². The van der Waals surface area contributed by atoms with E-state index < -0.39 is 5.60 Å². The summed E-state index contributed by atoms with van der Waals surface area (Å²) in [4.78, 5) is 0. The molecule has 0 atom stereocenters. The number of rotatable bonds is 4. The first-order valence-electron chi connectivity index (χ1n) is 5.02. The van der Waals surface area contributed by atoms with Crippen LogP contribution in [-0.2, 0) is 5.60 Å². The van der Waals surface area contributed by atoms with Gasteiger partial charge in [0, 0.05) is 11.6 Å². The molecular weight excluding hydrogens is 192 g/mol. The third-order valence-corrected chi connectivity index (χ3v) is 2.15. The van der Waals surface area contributed by atoms with Gasteiger partial charge in [-0.2, -0.15) is 0 Å². The molecule has 0 aromatic heterocycles. The SMILES string of the molecule is CCOc1cc(OC)ccc1C(C)(C)O. The highest BCUT2D eigenvalue weighted by atomic mass is 16.5. The molecule has 0 heterocycles. The molecule has 3 heteroatoms. The minimum absolute atomic E-state index is 0.566. The third kappa shape index (κ3) is 2.86. The average molecular weight is 210 g/mol. The van der Waals surface area contributed by atoms with E-state index in [1.54, 1.807) is 27.0 Å². The quantitative estimate of drug-likeness (QED) is 0.828. The minimum atomic E-state index is -0.906. The van der Waals surface area contributed by atoms with Crippen LogP contribution in [0.15, 0.2) is 18.2 Å². The van der Waals surface area contributed by atoms with Crippen LogP contribution >= 0.6 is 0 Å². The summed E-state index contributed by atoms with van der Waals surface area (Å²) < 4.78 is 10.6. The molecule has 1 rings (SSSR count). The Kier molecular flexibility index (Phi) is 3.58. The number of ether oxygens (including phenoxy) is 2. The Morgan fingerprint density at radius 3 is 2.47 bits per heavy atom. The summed E-state index contributed by atoms with van der Waals surface area (Å²) >= 11 is 0. The van der Waals surface area contributed by atoms with Crippen molar-refractivity contribution >= 4 is 0 Å². The molecule has 0 unspecified atom stereocenters. The second-order valence-electron chi connectivity index (χ2n) is 3.85. The number of hydrogen-bond donors (Lipinski definition) is 1. The lowest BCUT2D eigenvalue weighted by molar-refractivity contribution is 0.0749. The van der Waals surface area contributed by atoms with Crippen LogP contribution in [0, 0.1) is 0 Å². The van der Waals surface area contributed by atoms with Crippen LogP contribution in [0.5, 0.6) is 11.5 Å². The fourth-order valence-corrected chi connectivity index (χ4v) is 1.41. The zero-order chi connectivity index (χ0) is 11.5. The normalized spacial score (nSPS) is 11.3. The molecule has 0 fully saturated rings. The summed E-state index contributed by atoms with van der Waals surface area (Å²) in [6.45, 7) is 5.94. The van der Waals surface area contributed by atoms with Crippen molar-refractivity contribution in [2.45, 2.75) is 26.4 Å². The van der Waals surface area contributed by atoms with E-state index in [2.05, 4.69) is 0 Å². The van der Waals surface area contributed by atoms with Crippen LogP contribution in [-0.4, -0.2) is 18.8 Å². The topological polar surface area (TPSA) is 38.7 Å². The van der Waals surface area contributed by atoms with Crippen molar-refractivity contribution in [2.75, 3.05) is 13.7 Å². The van der Waals surface area contributed by atoms with Crippen LogP contribution in [0.25, 0.3) is 0 Å². The third-order valence-electron chi connectivity index (χ3n) is 2.15. The molecule has 0 radical (unpaired) electrons. The first-order valence-corrected chi connectivity index (χ1v) is 5.02. The second-order valence-corrected chi connectivity index (χ2v) is 3.85. The smallest absolute Gasteiger partial charge is 0.129 e. The van der Waals surface area contributed by atoms with Crippen LogP contribution in [0.2, 0.25) is 0 Å². The van der Waals surface area contributed by atoms with Crippen molar-refractivity contribution < 1.29 is 14.6 Å². The number of methoxy groups -OCH3 is 1. The lowest BCUT2D eigenvalue weighted by Crippen LogP contribution is -2.17. The molecule has 3 nitrogen and oxygen atoms in total. The van der Waals surface area contributed by atoms with E-state index in [1.807, 2.05) is 19.1 Å². The van der Waals surface area contributed by atoms with Crippen molar-refractivity contribution in [3.63, 3.8) is 0 Å². The maximum atomic E-state index is 9.94. The molecule has 1 N–H and O–H groups in total. The van der Waals surface area contributed by atoms with Crippen LogP contribution in [0.3, 0.4) is 0 Å². The van der Waals surface area contributed by atoms with E-state index >= 15 is 0 Å². The molecule has 0 spiro atoms. The molecular formula is C12H18O3. The first-order chi connectivity index (χ1) is 6.99. The van der Waals surface area contributed by atoms with Gasteiger partial charge in [-0.25, -0.2) is 0 Å². The maximum Gasteiger partial charge on any atom is 0.129 e. The predicted octanol–water partition coefficient (Wildman–Crippen LogP) is 2.32. The molecule has 1 aromatic rings. The largest absolute Gasteiger partial charge is 0.497 e. The Balaban J connectivity index is 3.15. The Morgan fingerprint density at radius 2 is 2.00 bits per heavy atom. The molecule has 0 saturated heterocycles. The van der Waals surface area contributed by atoms with Crippen molar-refractivity contribution in [2.24, 2.45) is 0 Å². The van der Waals surface area contributed by atoms with Gasteiger partial charge in [0.15, 0.2) is 0 Å². The molecule has 0 aliphatic heterocycles. The molecule has 84 valence electrons. The molecule has 0 amide bonds. The summed E-state index contributed by atoms with van der Waals surface area (Å²) in [5.41, 5.74) is -0.137. The lowest BCUT2D eigenvalue weighted by Gasteiger charge is -2.21. The second kappa shape index (κ2) is 4.53. The van der Waals surface area contributed by atoms with Crippen LogP contribution < -0.4 is 9.47 Å². The van der Waals surface area contributed by atoms with E-state index in [1.165, 1.54) is 0 Å². The summed E-state index contributed by atoms with van der Waals surface area (Å²) in [7, 11) is 1.61. The molecule has 0 aliphatic rings. The Hall–Kier alpha value is -1.22. The van der Waals surface area contributed by atoms with Crippen molar-refractivity contribution in [1.29, 1.82) is 0 Å². The highest BCUT2D eigenvalue weighted by Crippen LogP contribution is 2.32. The summed E-state index contributed by atoms with van der Waals surface area (Å²) in [6, 6.07) is 5.43. The predicted molar refractivity (Wildman–Crippen MR) is 59.4 cm³/mol. The van der Waals surface area contributed by atoms with Crippen molar-refractivity contribution in [1.82, 2.24) is 0 Å². The Labute approximate surface area is 90.6 Å². The first kappa shape index (κ1) is 11.9. The van der Waals surface area contributed by atoms with Crippen LogP contribution in [0.1, 0.15) is 26.3 Å². The van der Waals surface area contributed by atoms with E-state index in [9.17, 15) is 5.11 Å². The fourth-order valence-electron chi connectivity index (χ4n) is 1.41. The van der Waals surface area contributed by atoms with Gasteiger partial charge >= 0.3 is 0 Å². The van der Waals surface area contributed by atoms with E-state index in [-0.39, 0.29) is 0 Å². The summed E-state index contributed by atoms with van der Waals surface area (Å²) in [5.74, 6) is 1.40. The standard InChI is InChI=1S/C12H18O3/c1-5-15-11-8-9(14-4)6-7-10(11)12(2,3)13/h6-8,13H,5H2,1-4H3. The molecule has 15 heavy (non-hydrogen) atoms. The van der Waals surface area contributed by atoms with Gasteiger partial charge in [-0.1, -0.05) is 0 Å². The molecule has 0 saturated carbocycles. The zero-order valence-electron chi connectivity index (χ0n) is 9.70. The highest BCUT2D eigenvalue weighted by molar-refractivity contribution is 5.43. The van der Waals surface area contributed by atoms with Gasteiger partial charge in [0.1, 0.15) is 11.5 Å². The summed E-state index contributed by atoms with van der Waals surface area (Å²) in [6.07, 6.45) is 0. The minimum Gasteiger partial charge on any atom is -0.497 e. The lowest BCUT2D eigenvalue weighted by atomic mass is 9.97. The van der Waals surface area contributed by atoms with E-state index in [0.717, 1.165) is 11.3 Å². The van der Waals surface area contributed by atoms with Gasteiger partial charge in [0.25, 0.3) is 0 Å². The van der Waals surface area contributed by atoms with E-state index in [0.29, 0.717) is 12.4 Å². The van der Waals surface area contributed by atoms with Gasteiger partial charge in [-0.05, 0) is 32.9 Å². The molecule has 0 bridgehead atoms. The van der Waals surface area contributed by atoms with Gasteiger partial charge in [-0.15, -0.1) is 0 Å². The highest BCUT2D eigenvalue weighted by Gasteiger charge is 2.21. The Morgan fingerprint density at radius 1 is 1.33 bits per heavy atom. The molecule has 0 aliphatic carbocycles. The summed E-state index contributed by atoms with van der Waals surface area (Å²) in [5, 5.41) is 9.94. The molecule has 1 aromatic carbocycles. The van der Waals surface area contributed by atoms with Gasteiger partial charge in [0.05, 0.1) is 19.3 Å². The van der Waals surface area contributed by atoms with Gasteiger partial charge < -0.3 is 14.6 Å². The zero-order valence-corrected chi connectivity index (χ0v) is 9.70. The van der Waals surface area contributed by atoms with Crippen molar-refractivity contribution in [3.8, 4) is 11.5 Å². The van der Waals surface area contributed by atoms with E-state index in [4.69, 9.17) is 9.47 Å². The number of benzene rings is 1. The van der Waals surface area contributed by atoms with Crippen molar-refractivity contribution in [3.05, 3.63) is 23.8 Å². The average Bonchev–Trinajstić information content (AvgIpc) is 2.16.